The maximum absolute atomic E-state index is 11.0. The number of aryl methyl sites for hydroxylation is 1. The molecule has 16 heavy (non-hydrogen) atoms. The molecule has 0 fully saturated rings. The molecule has 0 bridgehead atoms. The third kappa shape index (κ3) is 2.17. The van der Waals surface area contributed by atoms with E-state index in [-0.39, 0.29) is 11.3 Å². The van der Waals surface area contributed by atoms with Gasteiger partial charge in [0.05, 0.1) is 0 Å². The molecule has 0 unspecified atom stereocenters. The first-order valence-corrected chi connectivity index (χ1v) is 5.33. The predicted octanol–water partition coefficient (Wildman–Crippen LogP) is 2.34. The fourth-order valence-electron chi connectivity index (χ4n) is 1.20. The minimum absolute atomic E-state index is 0.121. The van der Waals surface area contributed by atoms with Crippen molar-refractivity contribution in [3.05, 3.63) is 34.8 Å². The van der Waals surface area contributed by atoms with E-state index in [0.717, 1.165) is 5.56 Å². The van der Waals surface area contributed by atoms with Crippen molar-refractivity contribution < 1.29 is 14.6 Å². The summed E-state index contributed by atoms with van der Waals surface area (Å²) in [5.41, 5.74) is 2.50. The summed E-state index contributed by atoms with van der Waals surface area (Å²) in [6.45, 7) is 1.82. The topological polar surface area (TPSA) is 72.3 Å². The fourth-order valence-corrected chi connectivity index (χ4v) is 1.62. The van der Waals surface area contributed by atoms with Crippen LogP contribution in [0.4, 0.5) is 0 Å². The first-order chi connectivity index (χ1) is 7.66. The highest BCUT2D eigenvalue weighted by molar-refractivity contribution is 7.11. The van der Waals surface area contributed by atoms with Gasteiger partial charge >= 0.3 is 5.97 Å². The summed E-state index contributed by atoms with van der Waals surface area (Å²) >= 11 is 1.20. The first kappa shape index (κ1) is 10.6. The number of ether oxygens (including phenoxy) is 1. The summed E-state index contributed by atoms with van der Waals surface area (Å²) in [6.07, 6.45) is 0. The van der Waals surface area contributed by atoms with Crippen molar-refractivity contribution >= 4 is 17.3 Å². The quantitative estimate of drug-likeness (QED) is 0.885. The average Bonchev–Trinajstić information content (AvgIpc) is 2.73. The molecule has 0 aliphatic carbocycles. The Morgan fingerprint density at radius 1 is 1.50 bits per heavy atom. The van der Waals surface area contributed by atoms with Crippen molar-refractivity contribution in [1.29, 1.82) is 0 Å². The van der Waals surface area contributed by atoms with Crippen molar-refractivity contribution in [3.8, 4) is 10.9 Å². The summed E-state index contributed by atoms with van der Waals surface area (Å²) in [5.74, 6) is -0.752. The summed E-state index contributed by atoms with van der Waals surface area (Å²) in [5, 5.41) is 16.6. The van der Waals surface area contributed by atoms with Crippen LogP contribution in [0.3, 0.4) is 0 Å². The number of carboxylic acids is 1. The molecule has 2 aromatic rings. The standard InChI is InChI=1S/C10H8N2O3S/c1-6-2-3-8(7(4-6)9(13)14)15-10-12-11-5-16-10/h2-5H,1H3,(H,13,14). The molecule has 1 N–H and O–H groups in total. The molecule has 0 aliphatic rings. The van der Waals surface area contributed by atoms with Crippen LogP contribution in [0.2, 0.25) is 0 Å². The molecule has 0 saturated carbocycles. The maximum Gasteiger partial charge on any atom is 0.339 e. The minimum Gasteiger partial charge on any atom is -0.478 e. The number of carboxylic acid groups (broad SMARTS) is 1. The second-order valence-corrected chi connectivity index (χ2v) is 3.91. The van der Waals surface area contributed by atoms with Crippen LogP contribution in [0.1, 0.15) is 15.9 Å². The molecule has 1 aromatic heterocycles. The first-order valence-electron chi connectivity index (χ1n) is 4.45. The highest BCUT2D eigenvalue weighted by Crippen LogP contribution is 2.26. The van der Waals surface area contributed by atoms with E-state index in [0.29, 0.717) is 5.19 Å². The molecule has 0 amide bonds. The Kier molecular flexibility index (Phi) is 2.82. The van der Waals surface area contributed by atoms with Gasteiger partial charge in [-0.2, -0.15) is 0 Å². The smallest absolute Gasteiger partial charge is 0.339 e. The van der Waals surface area contributed by atoms with Crippen LogP contribution in [0.15, 0.2) is 23.7 Å². The third-order valence-electron chi connectivity index (χ3n) is 1.90. The van der Waals surface area contributed by atoms with E-state index in [4.69, 9.17) is 9.84 Å². The number of aromatic nitrogens is 2. The van der Waals surface area contributed by atoms with Crippen LogP contribution in [0.25, 0.3) is 0 Å². The van der Waals surface area contributed by atoms with Crippen molar-refractivity contribution in [2.45, 2.75) is 6.92 Å². The van der Waals surface area contributed by atoms with E-state index < -0.39 is 5.97 Å². The average molecular weight is 236 g/mol. The maximum atomic E-state index is 11.0. The molecule has 0 saturated heterocycles. The molecule has 82 valence electrons. The van der Waals surface area contributed by atoms with Crippen LogP contribution < -0.4 is 4.74 Å². The Bertz CT molecular complexity index is 511. The Morgan fingerprint density at radius 3 is 2.94 bits per heavy atom. The van der Waals surface area contributed by atoms with E-state index in [2.05, 4.69) is 10.2 Å². The number of hydrogen-bond acceptors (Lipinski definition) is 5. The van der Waals surface area contributed by atoms with Gasteiger partial charge in [-0.3, -0.25) is 0 Å². The number of rotatable bonds is 3. The molecular formula is C10H8N2O3S. The van der Waals surface area contributed by atoms with Crippen LogP contribution in [-0.2, 0) is 0 Å². The summed E-state index contributed by atoms with van der Waals surface area (Å²) in [4.78, 5) is 11.0. The van der Waals surface area contributed by atoms with Gasteiger partial charge in [0.15, 0.2) is 0 Å². The van der Waals surface area contributed by atoms with Crippen LogP contribution in [0, 0.1) is 6.92 Å². The Balaban J connectivity index is 2.36. The highest BCUT2D eigenvalue weighted by atomic mass is 32.1. The van der Waals surface area contributed by atoms with Gasteiger partial charge in [-0.15, -0.1) is 5.10 Å². The Hall–Kier alpha value is -1.95. The van der Waals surface area contributed by atoms with E-state index in [1.54, 1.807) is 18.2 Å². The second kappa shape index (κ2) is 4.28. The zero-order valence-corrected chi connectivity index (χ0v) is 9.19. The minimum atomic E-state index is -1.02. The molecule has 2 rings (SSSR count). The van der Waals surface area contributed by atoms with Gasteiger partial charge in [0.2, 0.25) is 0 Å². The van der Waals surface area contributed by atoms with Gasteiger partial charge in [-0.05, 0) is 19.1 Å². The molecule has 5 nitrogen and oxygen atoms in total. The van der Waals surface area contributed by atoms with Gasteiger partial charge in [-0.25, -0.2) is 4.79 Å². The lowest BCUT2D eigenvalue weighted by Gasteiger charge is -2.05. The lowest BCUT2D eigenvalue weighted by Crippen LogP contribution is -2.00. The molecule has 6 heteroatoms. The van der Waals surface area contributed by atoms with Crippen LogP contribution >= 0.6 is 11.3 Å². The van der Waals surface area contributed by atoms with Gasteiger partial charge in [0, 0.05) is 0 Å². The zero-order chi connectivity index (χ0) is 11.5. The molecular weight excluding hydrogens is 228 g/mol. The number of hydrogen-bond donors (Lipinski definition) is 1. The molecule has 0 radical (unpaired) electrons. The lowest BCUT2D eigenvalue weighted by molar-refractivity contribution is 0.0694. The van der Waals surface area contributed by atoms with Crippen LogP contribution in [-0.4, -0.2) is 21.3 Å². The SMILES string of the molecule is Cc1ccc(Oc2nncs2)c(C(=O)O)c1. The number of carbonyl (C=O) groups is 1. The number of benzene rings is 1. The van der Waals surface area contributed by atoms with Crippen molar-refractivity contribution in [3.63, 3.8) is 0 Å². The van der Waals surface area contributed by atoms with Crippen molar-refractivity contribution in [2.24, 2.45) is 0 Å². The highest BCUT2D eigenvalue weighted by Gasteiger charge is 2.13. The largest absolute Gasteiger partial charge is 0.478 e. The van der Waals surface area contributed by atoms with E-state index in [1.165, 1.54) is 16.8 Å². The van der Waals surface area contributed by atoms with E-state index >= 15 is 0 Å². The van der Waals surface area contributed by atoms with Crippen LogP contribution in [0.5, 0.6) is 10.9 Å². The van der Waals surface area contributed by atoms with E-state index in [1.807, 2.05) is 6.92 Å². The van der Waals surface area contributed by atoms with Crippen molar-refractivity contribution in [2.75, 3.05) is 0 Å². The van der Waals surface area contributed by atoms with Gasteiger partial charge in [0.25, 0.3) is 5.19 Å². The van der Waals surface area contributed by atoms with E-state index in [9.17, 15) is 4.79 Å². The normalized spacial score (nSPS) is 10.1. The summed E-state index contributed by atoms with van der Waals surface area (Å²) in [6, 6.07) is 4.95. The van der Waals surface area contributed by atoms with Gasteiger partial charge < -0.3 is 9.84 Å². The Labute approximate surface area is 95.3 Å². The predicted molar refractivity (Wildman–Crippen MR) is 58.1 cm³/mol. The monoisotopic (exact) mass is 236 g/mol. The molecule has 0 atom stereocenters. The number of aromatic carboxylic acids is 1. The Morgan fingerprint density at radius 2 is 2.31 bits per heavy atom. The third-order valence-corrected chi connectivity index (χ3v) is 2.47. The molecule has 1 aromatic carbocycles. The fraction of sp³-hybridized carbons (Fsp3) is 0.100. The molecule has 0 spiro atoms. The lowest BCUT2D eigenvalue weighted by atomic mass is 10.1. The zero-order valence-electron chi connectivity index (χ0n) is 8.38. The summed E-state index contributed by atoms with van der Waals surface area (Å²) in [7, 11) is 0. The van der Waals surface area contributed by atoms with Crippen molar-refractivity contribution in [1.82, 2.24) is 10.2 Å². The molecule has 0 aliphatic heterocycles. The van der Waals surface area contributed by atoms with Gasteiger partial charge in [0.1, 0.15) is 16.8 Å². The second-order valence-electron chi connectivity index (χ2n) is 3.11. The number of nitrogens with zero attached hydrogens (tertiary/aromatic N) is 2. The van der Waals surface area contributed by atoms with Gasteiger partial charge in [-0.1, -0.05) is 28.1 Å². The summed E-state index contributed by atoms with van der Waals surface area (Å²) < 4.78 is 5.33. The molecule has 1 heterocycles.